The number of azo groups is 1. The highest BCUT2D eigenvalue weighted by Crippen LogP contribution is 2.25. The second-order valence-corrected chi connectivity index (χ2v) is 5.67. The molecule has 1 amide bonds. The SMILES string of the molecule is CN(C)C(=O)C(N=Nc1ccc(-c2cnco2)cc1)c1ccccc1. The fourth-order valence-corrected chi connectivity index (χ4v) is 2.31. The highest BCUT2D eigenvalue weighted by atomic mass is 16.3. The van der Waals surface area contributed by atoms with Crippen LogP contribution in [0.2, 0.25) is 0 Å². The zero-order valence-electron chi connectivity index (χ0n) is 14.0. The minimum absolute atomic E-state index is 0.117. The summed E-state index contributed by atoms with van der Waals surface area (Å²) in [6, 6.07) is 16.1. The standard InChI is InChI=1S/C19H18N4O2/c1-23(2)19(24)18(15-6-4-3-5-7-15)22-21-16-10-8-14(9-11-16)17-12-20-13-25-17/h3-13,18H,1-2H3. The molecule has 6 heteroatoms. The third-order valence-electron chi connectivity index (χ3n) is 3.66. The van der Waals surface area contributed by atoms with Crippen molar-refractivity contribution in [3.63, 3.8) is 0 Å². The van der Waals surface area contributed by atoms with Crippen LogP contribution >= 0.6 is 0 Å². The molecule has 0 bridgehead atoms. The molecule has 0 spiro atoms. The summed E-state index contributed by atoms with van der Waals surface area (Å²) in [6.07, 6.45) is 3.04. The Morgan fingerprint density at radius 3 is 2.40 bits per heavy atom. The molecule has 25 heavy (non-hydrogen) atoms. The topological polar surface area (TPSA) is 71.1 Å². The van der Waals surface area contributed by atoms with Crippen LogP contribution in [0.4, 0.5) is 5.69 Å². The van der Waals surface area contributed by atoms with E-state index >= 15 is 0 Å². The molecule has 3 rings (SSSR count). The van der Waals surface area contributed by atoms with Gasteiger partial charge in [0.1, 0.15) is 0 Å². The summed E-state index contributed by atoms with van der Waals surface area (Å²) >= 11 is 0. The molecule has 0 fully saturated rings. The molecule has 126 valence electrons. The van der Waals surface area contributed by atoms with Gasteiger partial charge >= 0.3 is 0 Å². The molecule has 1 heterocycles. The van der Waals surface area contributed by atoms with E-state index in [0.717, 1.165) is 11.1 Å². The first-order valence-electron chi connectivity index (χ1n) is 7.81. The van der Waals surface area contributed by atoms with Crippen LogP contribution in [0, 0.1) is 0 Å². The van der Waals surface area contributed by atoms with E-state index in [1.165, 1.54) is 11.3 Å². The molecule has 1 unspecified atom stereocenters. The first kappa shape index (κ1) is 16.6. The van der Waals surface area contributed by atoms with Gasteiger partial charge in [-0.15, -0.1) is 0 Å². The Labute approximate surface area is 145 Å². The Bertz CT molecular complexity index is 841. The lowest BCUT2D eigenvalue weighted by molar-refractivity contribution is -0.130. The number of rotatable bonds is 5. The average Bonchev–Trinajstić information content (AvgIpc) is 3.18. The van der Waals surface area contributed by atoms with E-state index in [2.05, 4.69) is 15.2 Å². The second-order valence-electron chi connectivity index (χ2n) is 5.67. The number of carbonyl (C=O) groups is 1. The van der Waals surface area contributed by atoms with Gasteiger partial charge in [0, 0.05) is 19.7 Å². The number of aromatic nitrogens is 1. The maximum atomic E-state index is 12.4. The molecule has 0 radical (unpaired) electrons. The summed E-state index contributed by atoms with van der Waals surface area (Å²) in [5.41, 5.74) is 2.37. The van der Waals surface area contributed by atoms with E-state index in [0.29, 0.717) is 11.4 Å². The Balaban J connectivity index is 1.83. The van der Waals surface area contributed by atoms with Crippen LogP contribution in [0.3, 0.4) is 0 Å². The van der Waals surface area contributed by atoms with Gasteiger partial charge in [0.25, 0.3) is 5.91 Å². The fraction of sp³-hybridized carbons (Fsp3) is 0.158. The van der Waals surface area contributed by atoms with Crippen molar-refractivity contribution in [1.29, 1.82) is 0 Å². The minimum atomic E-state index is -0.662. The summed E-state index contributed by atoms with van der Waals surface area (Å²) in [5.74, 6) is 0.571. The second kappa shape index (κ2) is 7.53. The van der Waals surface area contributed by atoms with Gasteiger partial charge in [-0.2, -0.15) is 10.2 Å². The summed E-state index contributed by atoms with van der Waals surface area (Å²) in [6.45, 7) is 0. The van der Waals surface area contributed by atoms with Gasteiger partial charge in [0.05, 0.1) is 11.9 Å². The summed E-state index contributed by atoms with van der Waals surface area (Å²) in [5, 5.41) is 8.52. The molecular formula is C19H18N4O2. The van der Waals surface area contributed by atoms with E-state index in [-0.39, 0.29) is 5.91 Å². The van der Waals surface area contributed by atoms with Crippen molar-refractivity contribution in [1.82, 2.24) is 9.88 Å². The number of benzene rings is 2. The number of hydrogen-bond donors (Lipinski definition) is 0. The van der Waals surface area contributed by atoms with Crippen LogP contribution in [0.15, 0.2) is 81.8 Å². The first-order valence-corrected chi connectivity index (χ1v) is 7.81. The summed E-state index contributed by atoms with van der Waals surface area (Å²) in [4.78, 5) is 17.8. The van der Waals surface area contributed by atoms with Crippen molar-refractivity contribution in [2.45, 2.75) is 6.04 Å². The molecule has 1 aromatic heterocycles. The first-order chi connectivity index (χ1) is 12.1. The average molecular weight is 334 g/mol. The van der Waals surface area contributed by atoms with Crippen LogP contribution in [-0.2, 0) is 4.79 Å². The molecule has 0 N–H and O–H groups in total. The van der Waals surface area contributed by atoms with Crippen LogP contribution < -0.4 is 0 Å². The predicted octanol–water partition coefficient (Wildman–Crippen LogP) is 4.25. The summed E-state index contributed by atoms with van der Waals surface area (Å²) in [7, 11) is 3.42. The largest absolute Gasteiger partial charge is 0.444 e. The molecule has 0 aliphatic heterocycles. The Hall–Kier alpha value is -3.28. The summed E-state index contributed by atoms with van der Waals surface area (Å²) < 4.78 is 5.26. The van der Waals surface area contributed by atoms with Crippen LogP contribution in [-0.4, -0.2) is 29.9 Å². The lowest BCUT2D eigenvalue weighted by atomic mass is 10.1. The van der Waals surface area contributed by atoms with Gasteiger partial charge in [-0.05, 0) is 29.8 Å². The van der Waals surface area contributed by atoms with Gasteiger partial charge in [-0.1, -0.05) is 30.3 Å². The maximum absolute atomic E-state index is 12.4. The van der Waals surface area contributed by atoms with Crippen LogP contribution in [0.1, 0.15) is 11.6 Å². The molecule has 0 aliphatic rings. The number of nitrogens with zero attached hydrogens (tertiary/aromatic N) is 4. The molecule has 3 aromatic rings. The smallest absolute Gasteiger partial charge is 0.253 e. The molecule has 0 saturated carbocycles. The van der Waals surface area contributed by atoms with Gasteiger partial charge in [0.2, 0.25) is 0 Å². The molecule has 2 aromatic carbocycles. The number of amides is 1. The van der Waals surface area contributed by atoms with Crippen LogP contribution in [0.25, 0.3) is 11.3 Å². The Morgan fingerprint density at radius 2 is 1.80 bits per heavy atom. The van der Waals surface area contributed by atoms with Crippen molar-refractivity contribution >= 4 is 11.6 Å². The minimum Gasteiger partial charge on any atom is -0.444 e. The lowest BCUT2D eigenvalue weighted by Crippen LogP contribution is -2.27. The molecule has 6 nitrogen and oxygen atoms in total. The number of carbonyl (C=O) groups excluding carboxylic acids is 1. The molecule has 0 aliphatic carbocycles. The fourth-order valence-electron chi connectivity index (χ4n) is 2.31. The van der Waals surface area contributed by atoms with E-state index < -0.39 is 6.04 Å². The monoisotopic (exact) mass is 334 g/mol. The normalized spacial score (nSPS) is 12.2. The van der Waals surface area contributed by atoms with Gasteiger partial charge < -0.3 is 9.32 Å². The van der Waals surface area contributed by atoms with Crippen molar-refractivity contribution in [3.05, 3.63) is 72.8 Å². The molecule has 0 saturated heterocycles. The van der Waals surface area contributed by atoms with Crippen molar-refractivity contribution < 1.29 is 9.21 Å². The zero-order chi connectivity index (χ0) is 17.6. The predicted molar refractivity (Wildman–Crippen MR) is 94.3 cm³/mol. The van der Waals surface area contributed by atoms with Crippen molar-refractivity contribution in [3.8, 4) is 11.3 Å². The maximum Gasteiger partial charge on any atom is 0.253 e. The van der Waals surface area contributed by atoms with E-state index in [9.17, 15) is 4.79 Å². The number of likely N-dealkylation sites (N-methyl/N-ethyl adjacent to an activating group) is 1. The molecule has 1 atom stereocenters. The highest BCUT2D eigenvalue weighted by Gasteiger charge is 2.21. The lowest BCUT2D eigenvalue weighted by Gasteiger charge is -2.16. The van der Waals surface area contributed by atoms with Crippen molar-refractivity contribution in [2.24, 2.45) is 10.2 Å². The van der Waals surface area contributed by atoms with Gasteiger partial charge in [-0.25, -0.2) is 4.98 Å². The highest BCUT2D eigenvalue weighted by molar-refractivity contribution is 5.83. The number of hydrogen-bond acceptors (Lipinski definition) is 5. The van der Waals surface area contributed by atoms with Crippen molar-refractivity contribution in [2.75, 3.05) is 14.1 Å². The Kier molecular flexibility index (Phi) is 4.99. The Morgan fingerprint density at radius 1 is 1.08 bits per heavy atom. The van der Waals surface area contributed by atoms with E-state index in [1.807, 2.05) is 54.6 Å². The van der Waals surface area contributed by atoms with Crippen LogP contribution in [0.5, 0.6) is 0 Å². The zero-order valence-corrected chi connectivity index (χ0v) is 14.0. The quantitative estimate of drug-likeness (QED) is 0.655. The van der Waals surface area contributed by atoms with E-state index in [4.69, 9.17) is 4.42 Å². The third-order valence-corrected chi connectivity index (χ3v) is 3.66. The van der Waals surface area contributed by atoms with Gasteiger partial charge in [0.15, 0.2) is 18.2 Å². The third kappa shape index (κ3) is 3.98. The molecular weight excluding hydrogens is 316 g/mol. The van der Waals surface area contributed by atoms with Gasteiger partial charge in [-0.3, -0.25) is 4.79 Å². The number of oxazole rings is 1. The van der Waals surface area contributed by atoms with E-state index in [1.54, 1.807) is 20.3 Å².